The molecule has 7 heteroatoms. The summed E-state index contributed by atoms with van der Waals surface area (Å²) in [7, 11) is 0. The van der Waals surface area contributed by atoms with Crippen LogP contribution in [0.3, 0.4) is 0 Å². The zero-order valence-corrected chi connectivity index (χ0v) is 16.9. The normalized spacial score (nSPS) is 15.4. The van der Waals surface area contributed by atoms with Gasteiger partial charge in [-0.15, -0.1) is 0 Å². The van der Waals surface area contributed by atoms with Crippen LogP contribution in [0.4, 0.5) is 5.69 Å². The van der Waals surface area contributed by atoms with E-state index in [9.17, 15) is 9.59 Å². The first kappa shape index (κ1) is 19.5. The number of esters is 1. The van der Waals surface area contributed by atoms with Crippen LogP contribution < -0.4 is 5.32 Å². The Balaban J connectivity index is 1.64. The fourth-order valence-electron chi connectivity index (χ4n) is 4.07. The lowest BCUT2D eigenvalue weighted by molar-refractivity contribution is -0.121. The number of anilines is 1. The molecule has 6 nitrogen and oxygen atoms in total. The van der Waals surface area contributed by atoms with Gasteiger partial charge in [0.2, 0.25) is 5.91 Å². The summed E-state index contributed by atoms with van der Waals surface area (Å²) >= 11 is 6.03. The molecule has 4 rings (SSSR count). The number of carbonyl (C=O) groups is 2. The van der Waals surface area contributed by atoms with Crippen molar-refractivity contribution in [1.82, 2.24) is 9.61 Å². The molecule has 29 heavy (non-hydrogen) atoms. The van der Waals surface area contributed by atoms with Crippen LogP contribution in [-0.2, 0) is 14.9 Å². The molecule has 1 aliphatic rings. The first-order chi connectivity index (χ1) is 14.0. The van der Waals surface area contributed by atoms with Crippen LogP contribution in [0.1, 0.15) is 48.5 Å². The van der Waals surface area contributed by atoms with E-state index in [0.717, 1.165) is 31.2 Å². The highest BCUT2D eigenvalue weighted by atomic mass is 35.5. The molecular weight excluding hydrogens is 390 g/mol. The van der Waals surface area contributed by atoms with Crippen molar-refractivity contribution >= 4 is 34.7 Å². The third-order valence-corrected chi connectivity index (χ3v) is 5.82. The van der Waals surface area contributed by atoms with Gasteiger partial charge in [0.05, 0.1) is 23.7 Å². The molecule has 1 amide bonds. The molecule has 2 aromatic heterocycles. The summed E-state index contributed by atoms with van der Waals surface area (Å²) in [6.07, 6.45) is 6.80. The van der Waals surface area contributed by atoms with E-state index in [4.69, 9.17) is 16.3 Å². The lowest BCUT2D eigenvalue weighted by Crippen LogP contribution is -2.38. The van der Waals surface area contributed by atoms with E-state index < -0.39 is 11.4 Å². The molecule has 0 spiro atoms. The van der Waals surface area contributed by atoms with Gasteiger partial charge in [0, 0.05) is 16.9 Å². The molecule has 0 saturated heterocycles. The second-order valence-corrected chi connectivity index (χ2v) is 7.71. The number of benzene rings is 1. The monoisotopic (exact) mass is 411 g/mol. The molecule has 0 atom stereocenters. The molecule has 0 bridgehead atoms. The second-order valence-electron chi connectivity index (χ2n) is 7.27. The van der Waals surface area contributed by atoms with Gasteiger partial charge in [-0.1, -0.05) is 36.6 Å². The number of halogens is 1. The number of pyridine rings is 1. The Morgan fingerprint density at radius 3 is 2.62 bits per heavy atom. The van der Waals surface area contributed by atoms with Crippen molar-refractivity contribution in [2.75, 3.05) is 11.9 Å². The molecule has 0 unspecified atom stereocenters. The van der Waals surface area contributed by atoms with E-state index in [1.807, 2.05) is 24.3 Å². The summed E-state index contributed by atoms with van der Waals surface area (Å²) in [6.45, 7) is 2.04. The Hall–Kier alpha value is -2.86. The van der Waals surface area contributed by atoms with Gasteiger partial charge in [0.25, 0.3) is 0 Å². The van der Waals surface area contributed by atoms with Crippen molar-refractivity contribution in [1.29, 1.82) is 0 Å². The third-order valence-electron chi connectivity index (χ3n) is 5.56. The van der Waals surface area contributed by atoms with Gasteiger partial charge < -0.3 is 10.1 Å². The minimum Gasteiger partial charge on any atom is -0.462 e. The number of hydrogen-bond donors (Lipinski definition) is 1. The summed E-state index contributed by atoms with van der Waals surface area (Å²) in [6, 6.07) is 11.1. The highest BCUT2D eigenvalue weighted by molar-refractivity contribution is 6.30. The maximum Gasteiger partial charge on any atom is 0.341 e. The topological polar surface area (TPSA) is 72.7 Å². The molecule has 1 N–H and O–H groups in total. The van der Waals surface area contributed by atoms with Gasteiger partial charge in [-0.3, -0.25) is 4.79 Å². The molecule has 1 fully saturated rings. The van der Waals surface area contributed by atoms with Gasteiger partial charge in [-0.2, -0.15) is 5.10 Å². The van der Waals surface area contributed by atoms with Gasteiger partial charge in [-0.05, 0) is 49.6 Å². The number of rotatable bonds is 5. The number of carbonyl (C=O) groups excluding carboxylic acids is 2. The maximum absolute atomic E-state index is 13.4. The first-order valence-corrected chi connectivity index (χ1v) is 10.1. The molecule has 3 aromatic rings. The minimum atomic E-state index is -0.569. The Bertz CT molecular complexity index is 1050. The molecule has 1 aliphatic carbocycles. The summed E-state index contributed by atoms with van der Waals surface area (Å²) in [4.78, 5) is 25.5. The number of ether oxygens (including phenoxy) is 1. The van der Waals surface area contributed by atoms with Crippen molar-refractivity contribution in [3.63, 3.8) is 0 Å². The largest absolute Gasteiger partial charge is 0.462 e. The van der Waals surface area contributed by atoms with E-state index in [0.29, 0.717) is 21.8 Å². The zero-order chi connectivity index (χ0) is 20.4. The molecule has 150 valence electrons. The van der Waals surface area contributed by atoms with E-state index in [1.54, 1.807) is 29.8 Å². The fourth-order valence-corrected chi connectivity index (χ4v) is 4.20. The van der Waals surface area contributed by atoms with Gasteiger partial charge in [0.15, 0.2) is 0 Å². The number of fused-ring (bicyclic) bond motifs is 1. The minimum absolute atomic E-state index is 0.0427. The van der Waals surface area contributed by atoms with Gasteiger partial charge in [0.1, 0.15) is 5.56 Å². The molecule has 2 heterocycles. The second kappa shape index (κ2) is 7.87. The molecule has 1 saturated carbocycles. The number of nitrogens with zero attached hydrogens (tertiary/aromatic N) is 2. The van der Waals surface area contributed by atoms with Crippen LogP contribution in [0.2, 0.25) is 5.02 Å². The van der Waals surface area contributed by atoms with Crippen molar-refractivity contribution in [2.45, 2.75) is 38.0 Å². The van der Waals surface area contributed by atoms with Gasteiger partial charge in [-0.25, -0.2) is 9.31 Å². The summed E-state index contributed by atoms with van der Waals surface area (Å²) in [5.74, 6) is -0.474. The Labute approximate surface area is 173 Å². The average molecular weight is 412 g/mol. The number of amides is 1. The molecular formula is C22H22ClN3O3. The fraction of sp³-hybridized carbons (Fsp3) is 0.318. The number of hydrogen-bond acceptors (Lipinski definition) is 4. The highest BCUT2D eigenvalue weighted by Crippen LogP contribution is 2.42. The van der Waals surface area contributed by atoms with Crippen molar-refractivity contribution < 1.29 is 14.3 Å². The smallest absolute Gasteiger partial charge is 0.341 e. The zero-order valence-electron chi connectivity index (χ0n) is 16.2. The van der Waals surface area contributed by atoms with Crippen molar-refractivity contribution in [3.05, 3.63) is 64.9 Å². The first-order valence-electron chi connectivity index (χ1n) is 9.75. The lowest BCUT2D eigenvalue weighted by atomic mass is 9.78. The Kier molecular flexibility index (Phi) is 5.28. The van der Waals surface area contributed by atoms with Gasteiger partial charge >= 0.3 is 5.97 Å². The third kappa shape index (κ3) is 3.60. The molecule has 1 aromatic carbocycles. The summed E-state index contributed by atoms with van der Waals surface area (Å²) in [5.41, 5.74) is 1.99. The summed E-state index contributed by atoms with van der Waals surface area (Å²) < 4.78 is 6.68. The average Bonchev–Trinajstić information content (AvgIpc) is 3.36. The Morgan fingerprint density at radius 1 is 1.21 bits per heavy atom. The molecule has 0 radical (unpaired) electrons. The van der Waals surface area contributed by atoms with Crippen LogP contribution in [0.25, 0.3) is 5.52 Å². The van der Waals surface area contributed by atoms with Crippen molar-refractivity contribution in [3.8, 4) is 0 Å². The highest BCUT2D eigenvalue weighted by Gasteiger charge is 2.42. The van der Waals surface area contributed by atoms with Crippen LogP contribution in [-0.4, -0.2) is 28.1 Å². The van der Waals surface area contributed by atoms with E-state index >= 15 is 0 Å². The van der Waals surface area contributed by atoms with Crippen LogP contribution in [0.5, 0.6) is 0 Å². The van der Waals surface area contributed by atoms with Crippen LogP contribution in [0, 0.1) is 0 Å². The lowest BCUT2D eigenvalue weighted by Gasteiger charge is -2.28. The molecule has 0 aliphatic heterocycles. The summed E-state index contributed by atoms with van der Waals surface area (Å²) in [5, 5.41) is 7.89. The quantitative estimate of drug-likeness (QED) is 0.622. The van der Waals surface area contributed by atoms with Crippen LogP contribution in [0.15, 0.2) is 48.8 Å². The van der Waals surface area contributed by atoms with Crippen molar-refractivity contribution in [2.24, 2.45) is 0 Å². The maximum atomic E-state index is 13.4. The predicted molar refractivity (Wildman–Crippen MR) is 111 cm³/mol. The van der Waals surface area contributed by atoms with E-state index in [1.165, 1.54) is 6.20 Å². The standard InChI is InChI=1S/C22H22ClN3O3/c1-2-29-20(27)18-14-24-26-12-9-17(13-19(18)26)25-21(28)22(10-3-4-11-22)15-5-7-16(23)8-6-15/h5-9,12-14H,2-4,10-11H2,1H3,(H,25,28). The van der Waals surface area contributed by atoms with Crippen LogP contribution >= 0.6 is 11.6 Å². The van der Waals surface area contributed by atoms with E-state index in [-0.39, 0.29) is 12.5 Å². The SMILES string of the molecule is CCOC(=O)c1cnn2ccc(NC(=O)C3(c4ccc(Cl)cc4)CCCC3)cc12. The predicted octanol–water partition coefficient (Wildman–Crippen LogP) is 4.61. The van der Waals surface area contributed by atoms with E-state index in [2.05, 4.69) is 10.4 Å². The number of nitrogens with one attached hydrogen (secondary N) is 1. The Morgan fingerprint density at radius 2 is 1.93 bits per heavy atom. The number of aromatic nitrogens is 2.